The second-order valence-corrected chi connectivity index (χ2v) is 9.32. The van der Waals surface area contributed by atoms with Crippen LogP contribution in [0.1, 0.15) is 40.1 Å². The van der Waals surface area contributed by atoms with Crippen molar-refractivity contribution in [3.63, 3.8) is 0 Å². The van der Waals surface area contributed by atoms with Crippen LogP contribution < -0.4 is 5.32 Å². The first-order valence-electron chi connectivity index (χ1n) is 11.9. The van der Waals surface area contributed by atoms with E-state index >= 15 is 0 Å². The predicted molar refractivity (Wildman–Crippen MR) is 128 cm³/mol. The SMILES string of the molecule is Cc1ccoc1C(=O)N1CCC(C2(Cc3ccccc3)NC(=O)N(Cc3cccnc3)C2=O)CC1. The number of rotatable bonds is 6. The second-order valence-electron chi connectivity index (χ2n) is 9.32. The molecule has 1 N–H and O–H groups in total. The van der Waals surface area contributed by atoms with Gasteiger partial charge in [-0.2, -0.15) is 0 Å². The van der Waals surface area contributed by atoms with Gasteiger partial charge >= 0.3 is 6.03 Å². The lowest BCUT2D eigenvalue weighted by Gasteiger charge is -2.41. The molecule has 0 saturated carbocycles. The number of imide groups is 1. The van der Waals surface area contributed by atoms with Gasteiger partial charge in [0.25, 0.3) is 11.8 Å². The Morgan fingerprint density at radius 2 is 1.83 bits per heavy atom. The Morgan fingerprint density at radius 3 is 2.49 bits per heavy atom. The van der Waals surface area contributed by atoms with Crippen molar-refractivity contribution in [1.82, 2.24) is 20.1 Å². The van der Waals surface area contributed by atoms with Crippen molar-refractivity contribution in [3.8, 4) is 0 Å². The normalized spacial score (nSPS) is 20.8. The highest BCUT2D eigenvalue weighted by Gasteiger charge is 2.56. The maximum absolute atomic E-state index is 13.9. The number of urea groups is 1. The Labute approximate surface area is 203 Å². The molecule has 2 aliphatic rings. The molecule has 0 bridgehead atoms. The number of benzene rings is 1. The molecule has 1 atom stereocenters. The summed E-state index contributed by atoms with van der Waals surface area (Å²) >= 11 is 0. The van der Waals surface area contributed by atoms with E-state index in [4.69, 9.17) is 4.42 Å². The number of carbonyl (C=O) groups excluding carboxylic acids is 3. The number of aromatic nitrogens is 1. The highest BCUT2D eigenvalue weighted by Crippen LogP contribution is 2.37. The van der Waals surface area contributed by atoms with Crippen LogP contribution in [-0.2, 0) is 17.8 Å². The van der Waals surface area contributed by atoms with Gasteiger partial charge in [0.05, 0.1) is 12.8 Å². The molecule has 4 amide bonds. The number of likely N-dealkylation sites (tertiary alicyclic amines) is 1. The first-order valence-corrected chi connectivity index (χ1v) is 11.9. The average molecular weight is 473 g/mol. The number of carbonyl (C=O) groups is 3. The molecule has 2 aliphatic heterocycles. The van der Waals surface area contributed by atoms with E-state index < -0.39 is 5.54 Å². The Morgan fingerprint density at radius 1 is 1.09 bits per heavy atom. The molecule has 4 heterocycles. The number of pyridine rings is 1. The molecular formula is C27H28N4O4. The Kier molecular flexibility index (Phi) is 6.11. The highest BCUT2D eigenvalue weighted by atomic mass is 16.3. The number of piperidine rings is 1. The number of nitrogens with zero attached hydrogens (tertiary/aromatic N) is 3. The Bertz CT molecular complexity index is 1220. The fourth-order valence-corrected chi connectivity index (χ4v) is 5.23. The molecule has 5 rings (SSSR count). The van der Waals surface area contributed by atoms with E-state index in [1.807, 2.05) is 43.3 Å². The summed E-state index contributed by atoms with van der Waals surface area (Å²) in [5.41, 5.74) is 1.52. The summed E-state index contributed by atoms with van der Waals surface area (Å²) in [5, 5.41) is 3.08. The number of hydrogen-bond acceptors (Lipinski definition) is 5. The average Bonchev–Trinajstić information content (AvgIpc) is 3.42. The lowest BCUT2D eigenvalue weighted by Crippen LogP contribution is -2.58. The van der Waals surface area contributed by atoms with Crippen LogP contribution in [0.2, 0.25) is 0 Å². The van der Waals surface area contributed by atoms with E-state index in [0.717, 1.165) is 16.7 Å². The largest absolute Gasteiger partial charge is 0.459 e. The zero-order chi connectivity index (χ0) is 24.4. The van der Waals surface area contributed by atoms with E-state index in [9.17, 15) is 14.4 Å². The van der Waals surface area contributed by atoms with Crippen LogP contribution in [0, 0.1) is 12.8 Å². The van der Waals surface area contributed by atoms with Crippen molar-refractivity contribution in [2.45, 2.75) is 38.3 Å². The van der Waals surface area contributed by atoms with Crippen molar-refractivity contribution < 1.29 is 18.8 Å². The van der Waals surface area contributed by atoms with Crippen molar-refractivity contribution in [2.24, 2.45) is 5.92 Å². The van der Waals surface area contributed by atoms with E-state index in [-0.39, 0.29) is 30.3 Å². The molecule has 2 aromatic heterocycles. The lowest BCUT2D eigenvalue weighted by molar-refractivity contribution is -0.134. The standard InChI is InChI=1S/C27H28N4O4/c1-19-11-15-35-23(19)24(32)30-13-9-22(10-14-30)27(16-20-6-3-2-4-7-20)25(33)31(26(34)29-27)18-21-8-5-12-28-17-21/h2-8,11-12,15,17,22H,9-10,13-14,16,18H2,1H3,(H,29,34). The quantitative estimate of drug-likeness (QED) is 0.554. The van der Waals surface area contributed by atoms with Gasteiger partial charge in [-0.1, -0.05) is 36.4 Å². The van der Waals surface area contributed by atoms with Crippen LogP contribution in [-0.4, -0.2) is 51.3 Å². The second kappa shape index (κ2) is 9.37. The molecule has 2 fully saturated rings. The summed E-state index contributed by atoms with van der Waals surface area (Å²) in [6.07, 6.45) is 6.45. The molecule has 8 heteroatoms. The van der Waals surface area contributed by atoms with Gasteiger partial charge in [-0.05, 0) is 48.9 Å². The minimum atomic E-state index is -1.06. The van der Waals surface area contributed by atoms with Crippen LogP contribution in [0.4, 0.5) is 4.79 Å². The highest BCUT2D eigenvalue weighted by molar-refractivity contribution is 6.07. The fourth-order valence-electron chi connectivity index (χ4n) is 5.23. The molecule has 3 aromatic rings. The van der Waals surface area contributed by atoms with Gasteiger partial charge < -0.3 is 14.6 Å². The first kappa shape index (κ1) is 22.8. The first-order chi connectivity index (χ1) is 17.0. The van der Waals surface area contributed by atoms with Gasteiger partial charge in [-0.15, -0.1) is 0 Å². The molecule has 180 valence electrons. The lowest BCUT2D eigenvalue weighted by atomic mass is 9.74. The zero-order valence-corrected chi connectivity index (χ0v) is 19.6. The summed E-state index contributed by atoms with van der Waals surface area (Å²) in [7, 11) is 0. The van der Waals surface area contributed by atoms with Crippen molar-refractivity contribution in [1.29, 1.82) is 0 Å². The number of hydrogen-bond donors (Lipinski definition) is 1. The maximum Gasteiger partial charge on any atom is 0.325 e. The molecule has 8 nitrogen and oxygen atoms in total. The van der Waals surface area contributed by atoms with Crippen molar-refractivity contribution in [3.05, 3.63) is 89.6 Å². The van der Waals surface area contributed by atoms with Crippen molar-refractivity contribution in [2.75, 3.05) is 13.1 Å². The van der Waals surface area contributed by atoms with Gasteiger partial charge in [0.15, 0.2) is 5.76 Å². The van der Waals surface area contributed by atoms with Crippen LogP contribution >= 0.6 is 0 Å². The van der Waals surface area contributed by atoms with E-state index in [1.165, 1.54) is 11.2 Å². The van der Waals surface area contributed by atoms with Gasteiger partial charge in [0, 0.05) is 37.5 Å². The number of furan rings is 1. The monoisotopic (exact) mass is 472 g/mol. The third kappa shape index (κ3) is 4.32. The van der Waals surface area contributed by atoms with Crippen LogP contribution in [0.3, 0.4) is 0 Å². The summed E-state index contributed by atoms with van der Waals surface area (Å²) < 4.78 is 5.39. The molecule has 2 saturated heterocycles. The van der Waals surface area contributed by atoms with Gasteiger partial charge in [0.2, 0.25) is 0 Å². The van der Waals surface area contributed by atoms with Crippen LogP contribution in [0.25, 0.3) is 0 Å². The van der Waals surface area contributed by atoms with E-state index in [1.54, 1.807) is 29.4 Å². The number of amides is 4. The zero-order valence-electron chi connectivity index (χ0n) is 19.6. The van der Waals surface area contributed by atoms with Crippen LogP contribution in [0.5, 0.6) is 0 Å². The minimum Gasteiger partial charge on any atom is -0.459 e. The third-order valence-electron chi connectivity index (χ3n) is 7.13. The fraction of sp³-hybridized carbons (Fsp3) is 0.333. The van der Waals surface area contributed by atoms with Gasteiger partial charge in [-0.3, -0.25) is 19.5 Å². The molecule has 0 radical (unpaired) electrons. The van der Waals surface area contributed by atoms with Crippen molar-refractivity contribution >= 4 is 17.8 Å². The van der Waals surface area contributed by atoms with Crippen LogP contribution in [0.15, 0.2) is 71.6 Å². The Balaban J connectivity index is 1.39. The molecule has 0 spiro atoms. The van der Waals surface area contributed by atoms with E-state index in [0.29, 0.717) is 38.1 Å². The summed E-state index contributed by atoms with van der Waals surface area (Å²) in [6, 6.07) is 14.8. The molecule has 1 unspecified atom stereocenters. The van der Waals surface area contributed by atoms with Gasteiger partial charge in [-0.25, -0.2) is 4.79 Å². The Hall–Kier alpha value is -3.94. The molecule has 0 aliphatic carbocycles. The summed E-state index contributed by atoms with van der Waals surface area (Å²) in [6.45, 7) is 3.00. The maximum atomic E-state index is 13.9. The summed E-state index contributed by atoms with van der Waals surface area (Å²) in [5.74, 6) is -0.111. The van der Waals surface area contributed by atoms with E-state index in [2.05, 4.69) is 10.3 Å². The smallest absolute Gasteiger partial charge is 0.325 e. The number of nitrogens with one attached hydrogen (secondary N) is 1. The summed E-state index contributed by atoms with van der Waals surface area (Å²) in [4.78, 5) is 47.1. The third-order valence-corrected chi connectivity index (χ3v) is 7.13. The predicted octanol–water partition coefficient (Wildman–Crippen LogP) is 3.57. The molecular weight excluding hydrogens is 444 g/mol. The number of aryl methyl sites for hydroxylation is 1. The van der Waals surface area contributed by atoms with Gasteiger partial charge in [0.1, 0.15) is 5.54 Å². The minimum absolute atomic E-state index is 0.111. The molecule has 35 heavy (non-hydrogen) atoms. The topological polar surface area (TPSA) is 95.8 Å². The molecule has 1 aromatic carbocycles.